The van der Waals surface area contributed by atoms with Crippen molar-refractivity contribution in [3.8, 4) is 45.0 Å². The van der Waals surface area contributed by atoms with E-state index in [1.807, 2.05) is 11.8 Å². The monoisotopic (exact) mass is 1060 g/mol. The standard InChI is InChI=1S/C75H53N5S/c1-75-65(52-35-31-50(32-36-52)56-42-46-70-64(48-56)62-24-12-15-27-68(62)79(70)58-19-7-3-8-20-58)44-43-60(51-33-29-49(30-34-51)55-41-45-69-63(47-55)61-23-11-14-26-67(61)78(69)57-17-5-2-6-18-57)72(75)81-74(77-75)54-39-37-53(38-40-54)73-76-66-25-13-16-28-71(66)80(73)59-21-9-4-10-22-59/h2,4-7,9-48,65H,3,8H2,1H3. The van der Waals surface area contributed by atoms with E-state index in [9.17, 15) is 0 Å². The summed E-state index contributed by atoms with van der Waals surface area (Å²) in [6.45, 7) is 2.34. The molecule has 0 bridgehead atoms. The number of hydrogen-bond acceptors (Lipinski definition) is 3. The molecule has 16 rings (SSSR count). The Labute approximate surface area is 474 Å². The number of fused-ring (bicyclic) bond motifs is 8. The third-order valence-corrected chi connectivity index (χ3v) is 18.3. The summed E-state index contributed by atoms with van der Waals surface area (Å²) >= 11 is 1.82. The maximum absolute atomic E-state index is 5.81. The lowest BCUT2D eigenvalue weighted by Crippen LogP contribution is -2.31. The molecular formula is C75H53N5S. The van der Waals surface area contributed by atoms with Gasteiger partial charge >= 0.3 is 0 Å². The molecule has 384 valence electrons. The van der Waals surface area contributed by atoms with Gasteiger partial charge in [0.1, 0.15) is 16.4 Å². The van der Waals surface area contributed by atoms with Gasteiger partial charge in [0.05, 0.1) is 33.1 Å². The van der Waals surface area contributed by atoms with E-state index in [-0.39, 0.29) is 5.92 Å². The van der Waals surface area contributed by atoms with Gasteiger partial charge in [-0.2, -0.15) is 0 Å². The second-order valence-corrected chi connectivity index (χ2v) is 22.7. The highest BCUT2D eigenvalue weighted by atomic mass is 32.2. The van der Waals surface area contributed by atoms with Crippen LogP contribution in [0.2, 0.25) is 0 Å². The fourth-order valence-corrected chi connectivity index (χ4v) is 14.4. The molecule has 0 amide bonds. The number of aliphatic imine (C=N–C) groups is 1. The van der Waals surface area contributed by atoms with Crippen LogP contribution in [0.3, 0.4) is 0 Å². The molecule has 10 aromatic carbocycles. The van der Waals surface area contributed by atoms with Crippen molar-refractivity contribution < 1.29 is 0 Å². The summed E-state index contributed by atoms with van der Waals surface area (Å²) in [6.07, 6.45) is 13.8. The smallest absolute Gasteiger partial charge is 0.145 e. The summed E-state index contributed by atoms with van der Waals surface area (Å²) in [5.74, 6) is 0.915. The molecule has 3 aliphatic rings. The number of benzene rings is 10. The molecule has 2 unspecified atom stereocenters. The van der Waals surface area contributed by atoms with Gasteiger partial charge < -0.3 is 9.13 Å². The van der Waals surface area contributed by atoms with Gasteiger partial charge in [0.25, 0.3) is 0 Å². The molecule has 2 aliphatic carbocycles. The van der Waals surface area contributed by atoms with E-state index in [0.29, 0.717) is 0 Å². The summed E-state index contributed by atoms with van der Waals surface area (Å²) in [7, 11) is 0. The van der Waals surface area contributed by atoms with Gasteiger partial charge in [0.15, 0.2) is 0 Å². The zero-order valence-corrected chi connectivity index (χ0v) is 45.4. The molecule has 81 heavy (non-hydrogen) atoms. The second kappa shape index (κ2) is 19.0. The van der Waals surface area contributed by atoms with Crippen LogP contribution in [0.25, 0.3) is 111 Å². The van der Waals surface area contributed by atoms with E-state index < -0.39 is 5.54 Å². The molecule has 0 saturated heterocycles. The lowest BCUT2D eigenvalue weighted by atomic mass is 9.75. The van der Waals surface area contributed by atoms with Crippen molar-refractivity contribution in [2.45, 2.75) is 31.2 Å². The lowest BCUT2D eigenvalue weighted by Gasteiger charge is -2.35. The summed E-state index contributed by atoms with van der Waals surface area (Å²) < 4.78 is 7.07. The van der Waals surface area contributed by atoms with E-state index in [0.717, 1.165) is 57.2 Å². The van der Waals surface area contributed by atoms with Crippen molar-refractivity contribution in [1.82, 2.24) is 18.7 Å². The topological polar surface area (TPSA) is 40.0 Å². The number of thioether (sulfide) groups is 1. The Morgan fingerprint density at radius 1 is 0.432 bits per heavy atom. The Bertz CT molecular complexity index is 4820. The SMILES string of the molecule is CC12N=C(c3ccc(-c4nc5ccccc5n4-c4ccccc4)cc3)SC1=C(c1ccc(-c3ccc4c(c3)c3ccccc3n4-c3ccccc3)cc1)C=CC2c1ccc(-c2ccc3c(c2)c2ccccc2n3C2=CCCC=C2)cc1. The van der Waals surface area contributed by atoms with Crippen LogP contribution < -0.4 is 0 Å². The number of nitrogens with zero attached hydrogens (tertiary/aromatic N) is 5. The van der Waals surface area contributed by atoms with Crippen LogP contribution in [-0.2, 0) is 0 Å². The van der Waals surface area contributed by atoms with Crippen LogP contribution in [0.15, 0.2) is 283 Å². The van der Waals surface area contributed by atoms with Crippen LogP contribution in [0, 0.1) is 0 Å². The fraction of sp³-hybridized carbons (Fsp3) is 0.0667. The molecule has 0 N–H and O–H groups in total. The minimum absolute atomic E-state index is 0.00153. The molecule has 2 atom stereocenters. The maximum Gasteiger partial charge on any atom is 0.145 e. The van der Waals surface area contributed by atoms with Crippen molar-refractivity contribution in [2.24, 2.45) is 4.99 Å². The third kappa shape index (κ3) is 7.77. The second-order valence-electron chi connectivity index (χ2n) is 21.7. The molecule has 6 heteroatoms. The Hall–Kier alpha value is -9.75. The van der Waals surface area contributed by atoms with E-state index in [1.54, 1.807) is 0 Å². The average molecular weight is 1060 g/mol. The van der Waals surface area contributed by atoms with Crippen LogP contribution in [0.5, 0.6) is 0 Å². The number of imidazole rings is 1. The van der Waals surface area contributed by atoms with E-state index in [2.05, 4.69) is 294 Å². The van der Waals surface area contributed by atoms with Crippen LogP contribution in [-0.4, -0.2) is 29.3 Å². The predicted molar refractivity (Wildman–Crippen MR) is 342 cm³/mol. The molecule has 5 nitrogen and oxygen atoms in total. The first kappa shape index (κ1) is 47.3. The molecule has 4 heterocycles. The van der Waals surface area contributed by atoms with E-state index >= 15 is 0 Å². The van der Waals surface area contributed by atoms with Gasteiger partial charge in [-0.1, -0.05) is 206 Å². The summed E-state index contributed by atoms with van der Waals surface area (Å²) in [6, 6.07) is 88.4. The van der Waals surface area contributed by atoms with Gasteiger partial charge in [0, 0.05) is 60.6 Å². The normalized spacial score (nSPS) is 17.0. The molecular weight excluding hydrogens is 1000 g/mol. The van der Waals surface area contributed by atoms with Crippen molar-refractivity contribution in [3.63, 3.8) is 0 Å². The Morgan fingerprint density at radius 3 is 1.60 bits per heavy atom. The number of rotatable bonds is 9. The van der Waals surface area contributed by atoms with Gasteiger partial charge in [-0.25, -0.2) is 4.98 Å². The summed E-state index contributed by atoms with van der Waals surface area (Å²) in [4.78, 5) is 12.3. The Kier molecular flexibility index (Phi) is 11.1. The number of para-hydroxylation sites is 6. The first-order chi connectivity index (χ1) is 40.0. The van der Waals surface area contributed by atoms with E-state index in [1.165, 1.54) is 93.2 Å². The molecule has 3 aromatic heterocycles. The third-order valence-electron chi connectivity index (χ3n) is 17.0. The number of hydrogen-bond donors (Lipinski definition) is 0. The first-order valence-electron chi connectivity index (χ1n) is 28.1. The molecule has 0 saturated carbocycles. The molecule has 0 radical (unpaired) electrons. The van der Waals surface area contributed by atoms with Gasteiger partial charge in [0.2, 0.25) is 0 Å². The fourth-order valence-electron chi connectivity index (χ4n) is 13.0. The van der Waals surface area contributed by atoms with Crippen molar-refractivity contribution in [1.29, 1.82) is 0 Å². The van der Waals surface area contributed by atoms with Gasteiger partial charge in [-0.05, 0) is 138 Å². The molecule has 1 aliphatic heterocycles. The van der Waals surface area contributed by atoms with Gasteiger partial charge in [-0.15, -0.1) is 0 Å². The maximum atomic E-state index is 5.81. The zero-order chi connectivity index (χ0) is 53.6. The minimum Gasteiger partial charge on any atom is -0.310 e. The average Bonchev–Trinajstić information content (AvgIpc) is 4.33. The van der Waals surface area contributed by atoms with Crippen molar-refractivity contribution in [3.05, 3.63) is 295 Å². The Balaban J connectivity index is 0.764. The number of aromatic nitrogens is 4. The van der Waals surface area contributed by atoms with Crippen molar-refractivity contribution in [2.75, 3.05) is 0 Å². The highest BCUT2D eigenvalue weighted by Crippen LogP contribution is 2.55. The predicted octanol–water partition coefficient (Wildman–Crippen LogP) is 19.4. The largest absolute Gasteiger partial charge is 0.310 e. The lowest BCUT2D eigenvalue weighted by molar-refractivity contribution is 0.522. The molecule has 13 aromatic rings. The quantitative estimate of drug-likeness (QED) is 0.145. The van der Waals surface area contributed by atoms with Crippen LogP contribution >= 0.6 is 11.8 Å². The number of allylic oxidation sites excluding steroid dienone is 6. The highest BCUT2D eigenvalue weighted by molar-refractivity contribution is 8.18. The highest BCUT2D eigenvalue weighted by Gasteiger charge is 2.46. The van der Waals surface area contributed by atoms with Crippen molar-refractivity contribution >= 4 is 82.7 Å². The van der Waals surface area contributed by atoms with E-state index in [4.69, 9.17) is 9.98 Å². The van der Waals surface area contributed by atoms with Crippen LogP contribution in [0.4, 0.5) is 0 Å². The van der Waals surface area contributed by atoms with Crippen LogP contribution in [0.1, 0.15) is 42.4 Å². The molecule has 0 spiro atoms. The molecule has 0 fully saturated rings. The van der Waals surface area contributed by atoms with Gasteiger partial charge in [-0.3, -0.25) is 9.56 Å². The summed E-state index contributed by atoms with van der Waals surface area (Å²) in [5, 5.41) is 6.06. The Morgan fingerprint density at radius 2 is 0.951 bits per heavy atom. The first-order valence-corrected chi connectivity index (χ1v) is 28.9. The zero-order valence-electron chi connectivity index (χ0n) is 44.6. The summed E-state index contributed by atoms with van der Waals surface area (Å²) in [5.41, 5.74) is 20.4. The minimum atomic E-state index is -0.564.